The predicted molar refractivity (Wildman–Crippen MR) is 120 cm³/mol. The van der Waals surface area contributed by atoms with Gasteiger partial charge in [-0.05, 0) is 73.8 Å². The summed E-state index contributed by atoms with van der Waals surface area (Å²) in [6.45, 7) is 2.53. The maximum Gasteiger partial charge on any atom is 0.258 e. The van der Waals surface area contributed by atoms with E-state index in [0.29, 0.717) is 17.1 Å². The zero-order valence-corrected chi connectivity index (χ0v) is 17.6. The summed E-state index contributed by atoms with van der Waals surface area (Å²) in [6.07, 6.45) is 5.03. The lowest BCUT2D eigenvalue weighted by Crippen LogP contribution is -2.57. The summed E-state index contributed by atoms with van der Waals surface area (Å²) in [5.74, 6) is 0.0304. The molecule has 1 aromatic heterocycles. The average molecular weight is 418 g/mol. The first-order chi connectivity index (χ1) is 14.6. The number of hydrogen-bond donors (Lipinski definition) is 0. The highest BCUT2D eigenvalue weighted by molar-refractivity contribution is 6.30. The second-order valence-corrected chi connectivity index (χ2v) is 8.71. The Labute approximate surface area is 182 Å². The van der Waals surface area contributed by atoms with Crippen LogP contribution in [0.3, 0.4) is 0 Å². The van der Waals surface area contributed by atoms with E-state index in [9.17, 15) is 4.79 Å². The molecule has 1 amide bonds. The minimum Gasteiger partial charge on any atom is -0.306 e. The molecule has 3 heterocycles. The molecule has 3 aromatic rings. The number of anilines is 1. The Balaban J connectivity index is 1.50. The average Bonchev–Trinajstić information content (AvgIpc) is 3.15. The highest BCUT2D eigenvalue weighted by atomic mass is 35.5. The van der Waals surface area contributed by atoms with Gasteiger partial charge < -0.3 is 4.90 Å². The number of pyridine rings is 1. The monoisotopic (exact) mass is 417 g/mol. The SMILES string of the molecule is O=C(c1ccc(Cl)cc1)N1CC2(CCCN2Cc2ccccn2)Cc2ccccc21. The van der Waals surface area contributed by atoms with Crippen LogP contribution in [0.15, 0.2) is 72.9 Å². The molecule has 2 aromatic carbocycles. The summed E-state index contributed by atoms with van der Waals surface area (Å²) >= 11 is 6.04. The molecule has 152 valence electrons. The fourth-order valence-electron chi connectivity index (χ4n) is 4.95. The van der Waals surface area contributed by atoms with Gasteiger partial charge in [0.05, 0.1) is 5.69 Å². The molecule has 0 bridgehead atoms. The minimum atomic E-state index is -0.0615. The Bertz CT molecular complexity index is 1050. The number of benzene rings is 2. The normalized spacial score (nSPS) is 21.0. The second kappa shape index (κ2) is 7.86. The molecule has 1 saturated heterocycles. The van der Waals surface area contributed by atoms with Crippen LogP contribution in [0, 0.1) is 0 Å². The van der Waals surface area contributed by atoms with Crippen molar-refractivity contribution >= 4 is 23.2 Å². The zero-order chi connectivity index (χ0) is 20.6. The topological polar surface area (TPSA) is 36.4 Å². The van der Waals surface area contributed by atoms with Gasteiger partial charge in [-0.2, -0.15) is 0 Å². The lowest BCUT2D eigenvalue weighted by atomic mass is 9.82. The molecule has 0 radical (unpaired) electrons. The molecule has 0 saturated carbocycles. The standard InChI is InChI=1S/C25H24ClN3O/c26-21-11-9-19(10-12-21)24(30)29-18-25(16-20-6-1-2-8-23(20)29)13-5-15-28(25)17-22-7-3-4-14-27-22/h1-4,6-12,14H,5,13,15-18H2. The van der Waals surface area contributed by atoms with Crippen LogP contribution in [-0.4, -0.2) is 34.4 Å². The minimum absolute atomic E-state index is 0.0304. The lowest BCUT2D eigenvalue weighted by Gasteiger charge is -2.46. The molecular weight excluding hydrogens is 394 g/mol. The number of amides is 1. The van der Waals surface area contributed by atoms with E-state index in [1.54, 1.807) is 12.1 Å². The van der Waals surface area contributed by atoms with Gasteiger partial charge in [0, 0.05) is 41.1 Å². The number of hydrogen-bond acceptors (Lipinski definition) is 3. The molecule has 30 heavy (non-hydrogen) atoms. The van der Waals surface area contributed by atoms with Crippen molar-refractivity contribution in [1.82, 2.24) is 9.88 Å². The van der Waals surface area contributed by atoms with E-state index in [4.69, 9.17) is 11.6 Å². The van der Waals surface area contributed by atoms with E-state index >= 15 is 0 Å². The van der Waals surface area contributed by atoms with Crippen molar-refractivity contribution in [1.29, 1.82) is 0 Å². The first-order valence-electron chi connectivity index (χ1n) is 10.4. The van der Waals surface area contributed by atoms with Gasteiger partial charge in [-0.3, -0.25) is 14.7 Å². The largest absolute Gasteiger partial charge is 0.306 e. The second-order valence-electron chi connectivity index (χ2n) is 8.27. The third kappa shape index (κ3) is 3.51. The highest BCUT2D eigenvalue weighted by Gasteiger charge is 2.46. The number of halogens is 1. The quantitative estimate of drug-likeness (QED) is 0.603. The van der Waals surface area contributed by atoms with Crippen molar-refractivity contribution < 1.29 is 4.79 Å². The van der Waals surface area contributed by atoms with Crippen LogP contribution in [0.25, 0.3) is 0 Å². The van der Waals surface area contributed by atoms with Crippen LogP contribution in [0.1, 0.15) is 34.5 Å². The van der Waals surface area contributed by atoms with Crippen LogP contribution in [0.5, 0.6) is 0 Å². The van der Waals surface area contributed by atoms with Gasteiger partial charge in [0.1, 0.15) is 0 Å². The predicted octanol–water partition coefficient (Wildman–Crippen LogP) is 4.97. The maximum absolute atomic E-state index is 13.5. The fourth-order valence-corrected chi connectivity index (χ4v) is 5.08. The van der Waals surface area contributed by atoms with E-state index < -0.39 is 0 Å². The van der Waals surface area contributed by atoms with Crippen LogP contribution in [0.2, 0.25) is 5.02 Å². The number of nitrogens with zero attached hydrogens (tertiary/aromatic N) is 3. The Morgan fingerprint density at radius 3 is 2.63 bits per heavy atom. The molecule has 1 unspecified atom stereocenters. The van der Waals surface area contributed by atoms with Crippen molar-refractivity contribution in [2.75, 3.05) is 18.0 Å². The third-order valence-electron chi connectivity index (χ3n) is 6.41. The first kappa shape index (κ1) is 19.3. The van der Waals surface area contributed by atoms with Crippen LogP contribution in [0.4, 0.5) is 5.69 Å². The smallest absolute Gasteiger partial charge is 0.258 e. The van der Waals surface area contributed by atoms with Gasteiger partial charge in [0.2, 0.25) is 0 Å². The Hall–Kier alpha value is -2.69. The van der Waals surface area contributed by atoms with Crippen molar-refractivity contribution in [3.8, 4) is 0 Å². The Morgan fingerprint density at radius 1 is 1.03 bits per heavy atom. The summed E-state index contributed by atoms with van der Waals surface area (Å²) in [4.78, 5) is 22.6. The first-order valence-corrected chi connectivity index (χ1v) is 10.8. The molecule has 2 aliphatic heterocycles. The summed E-state index contributed by atoms with van der Waals surface area (Å²) in [7, 11) is 0. The van der Waals surface area contributed by atoms with Crippen LogP contribution < -0.4 is 4.90 Å². The number of aromatic nitrogens is 1. The lowest BCUT2D eigenvalue weighted by molar-refractivity contribution is 0.0914. The van der Waals surface area contributed by atoms with E-state index in [1.807, 2.05) is 41.4 Å². The molecule has 1 spiro atoms. The molecular formula is C25H24ClN3O. The fraction of sp³-hybridized carbons (Fsp3) is 0.280. The van der Waals surface area contributed by atoms with Crippen molar-refractivity contribution in [3.63, 3.8) is 0 Å². The van der Waals surface area contributed by atoms with E-state index in [1.165, 1.54) is 5.56 Å². The number of fused-ring (bicyclic) bond motifs is 1. The number of para-hydroxylation sites is 1. The van der Waals surface area contributed by atoms with Crippen molar-refractivity contribution in [2.45, 2.75) is 31.3 Å². The number of carbonyl (C=O) groups is 1. The number of rotatable bonds is 3. The van der Waals surface area contributed by atoms with Gasteiger partial charge in [0.15, 0.2) is 0 Å². The van der Waals surface area contributed by atoms with Crippen LogP contribution in [-0.2, 0) is 13.0 Å². The van der Waals surface area contributed by atoms with Crippen molar-refractivity contribution in [3.05, 3.63) is 94.8 Å². The zero-order valence-electron chi connectivity index (χ0n) is 16.8. The van der Waals surface area contributed by atoms with Gasteiger partial charge >= 0.3 is 0 Å². The molecule has 5 heteroatoms. The van der Waals surface area contributed by atoms with Crippen molar-refractivity contribution in [2.24, 2.45) is 0 Å². The molecule has 2 aliphatic rings. The van der Waals surface area contributed by atoms with E-state index in [-0.39, 0.29) is 11.4 Å². The van der Waals surface area contributed by atoms with Gasteiger partial charge in [-0.25, -0.2) is 0 Å². The Kier molecular flexibility index (Phi) is 5.05. The maximum atomic E-state index is 13.5. The van der Waals surface area contributed by atoms with E-state index in [2.05, 4.69) is 34.1 Å². The molecule has 1 fully saturated rings. The van der Waals surface area contributed by atoms with E-state index in [0.717, 1.165) is 43.7 Å². The third-order valence-corrected chi connectivity index (χ3v) is 6.66. The summed E-state index contributed by atoms with van der Waals surface area (Å²) < 4.78 is 0. The number of likely N-dealkylation sites (tertiary alicyclic amines) is 1. The molecule has 4 nitrogen and oxygen atoms in total. The Morgan fingerprint density at radius 2 is 1.83 bits per heavy atom. The molecule has 5 rings (SSSR count). The van der Waals surface area contributed by atoms with Gasteiger partial charge in [0.25, 0.3) is 5.91 Å². The summed E-state index contributed by atoms with van der Waals surface area (Å²) in [5.41, 5.74) is 3.94. The number of carbonyl (C=O) groups excluding carboxylic acids is 1. The summed E-state index contributed by atoms with van der Waals surface area (Å²) in [6, 6.07) is 21.6. The molecule has 0 aliphatic carbocycles. The van der Waals surface area contributed by atoms with Gasteiger partial charge in [-0.1, -0.05) is 35.9 Å². The van der Waals surface area contributed by atoms with Crippen LogP contribution >= 0.6 is 11.6 Å². The molecule has 0 N–H and O–H groups in total. The highest BCUT2D eigenvalue weighted by Crippen LogP contribution is 2.42. The van der Waals surface area contributed by atoms with Gasteiger partial charge in [-0.15, -0.1) is 0 Å². The summed E-state index contributed by atoms with van der Waals surface area (Å²) in [5, 5.41) is 0.638. The molecule has 1 atom stereocenters.